The van der Waals surface area contributed by atoms with Gasteiger partial charge in [0.15, 0.2) is 5.43 Å². The zero-order valence-corrected chi connectivity index (χ0v) is 14.1. The van der Waals surface area contributed by atoms with Gasteiger partial charge in [-0.3, -0.25) is 9.69 Å². The Kier molecular flexibility index (Phi) is 4.51. The van der Waals surface area contributed by atoms with Crippen molar-refractivity contribution in [1.82, 2.24) is 9.47 Å². The molecule has 25 heavy (non-hydrogen) atoms. The average molecular weight is 340 g/mol. The normalized spacial score (nSPS) is 15.9. The van der Waals surface area contributed by atoms with Crippen molar-refractivity contribution in [3.05, 3.63) is 58.5 Å². The number of morpholine rings is 1. The molecule has 0 N–H and O–H groups in total. The first-order chi connectivity index (χ1) is 12.3. The molecule has 2 aromatic carbocycles. The molecule has 0 saturated carbocycles. The largest absolute Gasteiger partial charge is 0.379 e. The Balaban J connectivity index is 1.74. The molecule has 1 aliphatic rings. The smallest absolute Gasteiger partial charge is 0.197 e. The van der Waals surface area contributed by atoms with Gasteiger partial charge in [0, 0.05) is 37.0 Å². The third kappa shape index (κ3) is 3.05. The molecule has 130 valence electrons. The van der Waals surface area contributed by atoms with Crippen LogP contribution in [-0.2, 0) is 11.3 Å². The second-order valence-electron chi connectivity index (χ2n) is 6.44. The maximum Gasteiger partial charge on any atom is 0.197 e. The van der Waals surface area contributed by atoms with Gasteiger partial charge < -0.3 is 9.30 Å². The summed E-state index contributed by atoms with van der Waals surface area (Å²) in [5.41, 5.74) is 1.11. The minimum Gasteiger partial charge on any atom is -0.379 e. The van der Waals surface area contributed by atoms with Gasteiger partial charge in [-0.15, -0.1) is 0 Å². The molecule has 4 nitrogen and oxygen atoms in total. The maximum atomic E-state index is 14.5. The molecule has 4 rings (SSSR count). The number of para-hydroxylation sites is 2. The molecule has 0 bridgehead atoms. The highest BCUT2D eigenvalue weighted by molar-refractivity contribution is 5.93. The van der Waals surface area contributed by atoms with Gasteiger partial charge in [0.2, 0.25) is 0 Å². The summed E-state index contributed by atoms with van der Waals surface area (Å²) >= 11 is 0. The van der Waals surface area contributed by atoms with E-state index in [0.717, 1.165) is 44.8 Å². The van der Waals surface area contributed by atoms with Gasteiger partial charge in [0.25, 0.3) is 0 Å². The van der Waals surface area contributed by atoms with Crippen LogP contribution in [-0.4, -0.2) is 42.3 Å². The van der Waals surface area contributed by atoms with Crippen LogP contribution in [0.15, 0.2) is 47.3 Å². The monoisotopic (exact) mass is 340 g/mol. The first-order valence-electron chi connectivity index (χ1n) is 8.75. The number of ether oxygens (including phenoxy) is 1. The number of hydrogen-bond acceptors (Lipinski definition) is 3. The predicted octanol–water partition coefficient (Wildman–Crippen LogP) is 3.02. The Morgan fingerprint density at radius 1 is 0.960 bits per heavy atom. The number of pyridine rings is 1. The van der Waals surface area contributed by atoms with Crippen LogP contribution in [0.3, 0.4) is 0 Å². The SMILES string of the molecule is O=c1c2ccccc2n(CCCN2CCOCC2)c2c(F)cccc12. The number of rotatable bonds is 4. The van der Waals surface area contributed by atoms with E-state index in [1.54, 1.807) is 12.1 Å². The molecule has 0 amide bonds. The molecule has 1 saturated heterocycles. The Labute approximate surface area is 145 Å². The van der Waals surface area contributed by atoms with Crippen LogP contribution < -0.4 is 5.43 Å². The van der Waals surface area contributed by atoms with Crippen LogP contribution in [0, 0.1) is 5.82 Å². The lowest BCUT2D eigenvalue weighted by molar-refractivity contribution is 0.0370. The molecule has 0 radical (unpaired) electrons. The summed E-state index contributed by atoms with van der Waals surface area (Å²) in [6.45, 7) is 5.06. The summed E-state index contributed by atoms with van der Waals surface area (Å²) in [5.74, 6) is -0.341. The lowest BCUT2D eigenvalue weighted by atomic mass is 10.1. The van der Waals surface area contributed by atoms with Gasteiger partial charge in [0.05, 0.1) is 24.2 Å². The van der Waals surface area contributed by atoms with Crippen molar-refractivity contribution in [3.8, 4) is 0 Å². The number of fused-ring (bicyclic) bond motifs is 2. The summed E-state index contributed by atoms with van der Waals surface area (Å²) in [7, 11) is 0. The summed E-state index contributed by atoms with van der Waals surface area (Å²) in [5, 5.41) is 1.09. The topological polar surface area (TPSA) is 34.5 Å². The van der Waals surface area contributed by atoms with E-state index in [2.05, 4.69) is 4.90 Å². The molecule has 3 aromatic rings. The Bertz CT molecular complexity index is 961. The van der Waals surface area contributed by atoms with Crippen LogP contribution in [0.2, 0.25) is 0 Å². The Morgan fingerprint density at radius 2 is 1.72 bits per heavy atom. The quantitative estimate of drug-likeness (QED) is 0.685. The minimum absolute atomic E-state index is 0.102. The zero-order valence-electron chi connectivity index (χ0n) is 14.1. The van der Waals surface area contributed by atoms with Crippen LogP contribution >= 0.6 is 0 Å². The first kappa shape index (κ1) is 16.2. The number of hydrogen-bond donors (Lipinski definition) is 0. The van der Waals surface area contributed by atoms with Gasteiger partial charge >= 0.3 is 0 Å². The summed E-state index contributed by atoms with van der Waals surface area (Å²) in [6.07, 6.45) is 0.899. The van der Waals surface area contributed by atoms with E-state index < -0.39 is 0 Å². The fourth-order valence-electron chi connectivity index (χ4n) is 3.65. The fraction of sp³-hybridized carbons (Fsp3) is 0.350. The zero-order chi connectivity index (χ0) is 17.2. The molecule has 2 heterocycles. The minimum atomic E-state index is -0.341. The second kappa shape index (κ2) is 6.94. The molecule has 1 aliphatic heterocycles. The average Bonchev–Trinajstić information content (AvgIpc) is 2.65. The van der Waals surface area contributed by atoms with Gasteiger partial charge in [-0.25, -0.2) is 4.39 Å². The Hall–Kier alpha value is -2.24. The standard InChI is InChI=1S/C20H21FN2O2/c21-17-7-3-6-16-19(17)23(10-4-9-22-11-13-25-14-12-22)18-8-2-1-5-15(18)20(16)24/h1-3,5-8H,4,9-14H2. The summed E-state index contributed by atoms with van der Waals surface area (Å²) in [6, 6.07) is 12.2. The maximum absolute atomic E-state index is 14.5. The van der Waals surface area contributed by atoms with E-state index >= 15 is 0 Å². The van der Waals surface area contributed by atoms with Crippen LogP contribution in [0.5, 0.6) is 0 Å². The number of benzene rings is 2. The van der Waals surface area contributed by atoms with E-state index in [-0.39, 0.29) is 11.2 Å². The number of aryl methyl sites for hydroxylation is 1. The lowest BCUT2D eigenvalue weighted by Gasteiger charge is -2.26. The van der Waals surface area contributed by atoms with Crippen LogP contribution in [0.4, 0.5) is 4.39 Å². The third-order valence-corrected chi connectivity index (χ3v) is 4.90. The van der Waals surface area contributed by atoms with Crippen molar-refractivity contribution >= 4 is 21.8 Å². The summed E-state index contributed by atoms with van der Waals surface area (Å²) in [4.78, 5) is 15.1. The highest BCUT2D eigenvalue weighted by Crippen LogP contribution is 2.22. The molecule has 0 spiro atoms. The van der Waals surface area contributed by atoms with E-state index in [9.17, 15) is 9.18 Å². The van der Waals surface area contributed by atoms with Crippen LogP contribution in [0.25, 0.3) is 21.8 Å². The highest BCUT2D eigenvalue weighted by Gasteiger charge is 2.14. The molecule has 1 aromatic heterocycles. The number of nitrogens with zero attached hydrogens (tertiary/aromatic N) is 2. The van der Waals surface area contributed by atoms with Gasteiger partial charge in [-0.2, -0.15) is 0 Å². The van der Waals surface area contributed by atoms with Gasteiger partial charge in [-0.1, -0.05) is 18.2 Å². The van der Waals surface area contributed by atoms with Crippen LogP contribution in [0.1, 0.15) is 6.42 Å². The van der Waals surface area contributed by atoms with E-state index in [4.69, 9.17) is 4.74 Å². The van der Waals surface area contributed by atoms with Crippen molar-refractivity contribution in [2.75, 3.05) is 32.8 Å². The van der Waals surface area contributed by atoms with E-state index in [1.807, 2.05) is 28.8 Å². The highest BCUT2D eigenvalue weighted by atomic mass is 19.1. The second-order valence-corrected chi connectivity index (χ2v) is 6.44. The molecule has 0 atom stereocenters. The number of halogens is 1. The molecular weight excluding hydrogens is 319 g/mol. The summed E-state index contributed by atoms with van der Waals surface area (Å²) < 4.78 is 21.9. The molecule has 1 fully saturated rings. The fourth-order valence-corrected chi connectivity index (χ4v) is 3.65. The molecule has 5 heteroatoms. The molecule has 0 unspecified atom stereocenters. The third-order valence-electron chi connectivity index (χ3n) is 4.90. The predicted molar refractivity (Wildman–Crippen MR) is 97.5 cm³/mol. The van der Waals surface area contributed by atoms with E-state index in [0.29, 0.717) is 22.8 Å². The van der Waals surface area contributed by atoms with Crippen molar-refractivity contribution in [2.45, 2.75) is 13.0 Å². The van der Waals surface area contributed by atoms with E-state index in [1.165, 1.54) is 6.07 Å². The lowest BCUT2D eigenvalue weighted by Crippen LogP contribution is -2.37. The molecule has 0 aliphatic carbocycles. The van der Waals surface area contributed by atoms with Crippen molar-refractivity contribution in [2.24, 2.45) is 0 Å². The van der Waals surface area contributed by atoms with Crippen molar-refractivity contribution in [1.29, 1.82) is 0 Å². The van der Waals surface area contributed by atoms with Gasteiger partial charge in [-0.05, 0) is 30.7 Å². The van der Waals surface area contributed by atoms with Gasteiger partial charge in [0.1, 0.15) is 5.82 Å². The molecular formula is C20H21FN2O2. The Morgan fingerprint density at radius 3 is 2.56 bits per heavy atom. The van der Waals surface area contributed by atoms with Crippen molar-refractivity contribution < 1.29 is 9.13 Å². The first-order valence-corrected chi connectivity index (χ1v) is 8.75. The number of aromatic nitrogens is 1. The van der Waals surface area contributed by atoms with Crippen molar-refractivity contribution in [3.63, 3.8) is 0 Å².